The molecule has 1 aromatic carbocycles. The van der Waals surface area contributed by atoms with E-state index in [1.807, 2.05) is 12.1 Å². The van der Waals surface area contributed by atoms with Crippen LogP contribution in [0.5, 0.6) is 5.75 Å². The maximum atomic E-state index is 12.2. The Labute approximate surface area is 109 Å². The summed E-state index contributed by atoms with van der Waals surface area (Å²) >= 11 is 1.32. The van der Waals surface area contributed by atoms with Crippen molar-refractivity contribution in [1.82, 2.24) is 4.98 Å². The fourth-order valence-electron chi connectivity index (χ4n) is 1.48. The number of hydrogen-bond acceptors (Lipinski definition) is 5. The molecular weight excluding hydrogens is 250 g/mol. The van der Waals surface area contributed by atoms with Gasteiger partial charge in [-0.2, -0.15) is 0 Å². The van der Waals surface area contributed by atoms with E-state index in [2.05, 4.69) is 4.98 Å². The molecule has 0 radical (unpaired) electrons. The molecule has 0 spiro atoms. The topological polar surface area (TPSA) is 48.4 Å². The highest BCUT2D eigenvalue weighted by Crippen LogP contribution is 2.22. The molecule has 0 atom stereocenters. The predicted octanol–water partition coefficient (Wildman–Crippen LogP) is 2.40. The van der Waals surface area contributed by atoms with Gasteiger partial charge < -0.3 is 9.47 Å². The van der Waals surface area contributed by atoms with E-state index in [-0.39, 0.29) is 5.78 Å². The minimum Gasteiger partial charge on any atom is -0.490 e. The number of thiazole rings is 1. The van der Waals surface area contributed by atoms with Crippen LogP contribution in [0.2, 0.25) is 0 Å². The molecule has 0 aliphatic heterocycles. The SMILES string of the molecule is COCCOc1ccccc1C(=O)c1cncs1. The second-order valence-electron chi connectivity index (χ2n) is 3.53. The quantitative estimate of drug-likeness (QED) is 0.593. The van der Waals surface area contributed by atoms with Crippen LogP contribution in [0.4, 0.5) is 0 Å². The summed E-state index contributed by atoms with van der Waals surface area (Å²) in [5.74, 6) is 0.512. The van der Waals surface area contributed by atoms with E-state index >= 15 is 0 Å². The number of benzene rings is 1. The standard InChI is InChI=1S/C13H13NO3S/c1-16-6-7-17-11-5-3-2-4-10(11)13(15)12-8-14-9-18-12/h2-5,8-9H,6-7H2,1H3. The molecule has 0 unspecified atom stereocenters. The van der Waals surface area contributed by atoms with Crippen molar-refractivity contribution in [3.05, 3.63) is 46.4 Å². The summed E-state index contributed by atoms with van der Waals surface area (Å²) in [5, 5.41) is 0. The minimum absolute atomic E-state index is 0.0643. The molecule has 1 heterocycles. The van der Waals surface area contributed by atoms with Crippen molar-refractivity contribution in [3.63, 3.8) is 0 Å². The monoisotopic (exact) mass is 263 g/mol. The molecule has 4 nitrogen and oxygen atoms in total. The van der Waals surface area contributed by atoms with E-state index in [4.69, 9.17) is 9.47 Å². The first kappa shape index (κ1) is 12.7. The highest BCUT2D eigenvalue weighted by molar-refractivity contribution is 7.11. The Kier molecular flexibility index (Phi) is 4.44. The van der Waals surface area contributed by atoms with Gasteiger partial charge in [0, 0.05) is 13.3 Å². The Morgan fingerprint density at radius 3 is 2.89 bits per heavy atom. The number of ether oxygens (including phenoxy) is 2. The molecule has 0 saturated carbocycles. The van der Waals surface area contributed by atoms with Crippen molar-refractivity contribution in [3.8, 4) is 5.75 Å². The van der Waals surface area contributed by atoms with Crippen molar-refractivity contribution in [2.75, 3.05) is 20.3 Å². The van der Waals surface area contributed by atoms with Gasteiger partial charge in [0.1, 0.15) is 12.4 Å². The third-order valence-corrected chi connectivity index (χ3v) is 3.10. The van der Waals surface area contributed by atoms with Gasteiger partial charge >= 0.3 is 0 Å². The summed E-state index contributed by atoms with van der Waals surface area (Å²) in [6, 6.07) is 7.19. The third-order valence-electron chi connectivity index (χ3n) is 2.33. The number of carbonyl (C=O) groups excluding carboxylic acids is 1. The Balaban J connectivity index is 2.19. The summed E-state index contributed by atoms with van der Waals surface area (Å²) in [7, 11) is 1.61. The minimum atomic E-state index is -0.0643. The lowest BCUT2D eigenvalue weighted by Gasteiger charge is -2.09. The predicted molar refractivity (Wildman–Crippen MR) is 69.4 cm³/mol. The first-order chi connectivity index (χ1) is 8.83. The molecule has 0 aliphatic rings. The first-order valence-electron chi connectivity index (χ1n) is 5.47. The maximum Gasteiger partial charge on any atom is 0.208 e. The Hall–Kier alpha value is -1.72. The van der Waals surface area contributed by atoms with Gasteiger partial charge in [-0.1, -0.05) is 12.1 Å². The van der Waals surface area contributed by atoms with E-state index in [1.165, 1.54) is 11.3 Å². The molecule has 0 bridgehead atoms. The Bertz CT molecular complexity index is 511. The second kappa shape index (κ2) is 6.28. The van der Waals surface area contributed by atoms with Gasteiger partial charge in [-0.15, -0.1) is 11.3 Å². The van der Waals surface area contributed by atoms with Gasteiger partial charge in [-0.3, -0.25) is 9.78 Å². The van der Waals surface area contributed by atoms with Crippen LogP contribution >= 0.6 is 11.3 Å². The van der Waals surface area contributed by atoms with E-state index < -0.39 is 0 Å². The van der Waals surface area contributed by atoms with Crippen molar-refractivity contribution in [1.29, 1.82) is 0 Å². The second-order valence-corrected chi connectivity index (χ2v) is 4.42. The molecule has 1 aromatic heterocycles. The van der Waals surface area contributed by atoms with Gasteiger partial charge in [-0.25, -0.2) is 0 Å². The molecule has 18 heavy (non-hydrogen) atoms. The number of carbonyl (C=O) groups is 1. The van der Waals surface area contributed by atoms with Crippen LogP contribution in [0.3, 0.4) is 0 Å². The largest absolute Gasteiger partial charge is 0.490 e. The van der Waals surface area contributed by atoms with Crippen LogP contribution in [0.25, 0.3) is 0 Å². The van der Waals surface area contributed by atoms with Crippen LogP contribution in [0.15, 0.2) is 36.0 Å². The highest BCUT2D eigenvalue weighted by Gasteiger charge is 2.15. The molecule has 5 heteroatoms. The zero-order valence-corrected chi connectivity index (χ0v) is 10.8. The number of nitrogens with zero attached hydrogens (tertiary/aromatic N) is 1. The number of para-hydroxylation sites is 1. The molecule has 0 amide bonds. The number of aromatic nitrogens is 1. The number of methoxy groups -OCH3 is 1. The number of rotatable bonds is 6. The van der Waals surface area contributed by atoms with E-state index in [9.17, 15) is 4.79 Å². The molecular formula is C13H13NO3S. The van der Waals surface area contributed by atoms with E-state index in [0.717, 1.165) is 0 Å². The smallest absolute Gasteiger partial charge is 0.208 e. The third kappa shape index (κ3) is 2.94. The molecule has 0 aliphatic carbocycles. The number of hydrogen-bond donors (Lipinski definition) is 0. The van der Waals surface area contributed by atoms with Crippen molar-refractivity contribution in [2.24, 2.45) is 0 Å². The van der Waals surface area contributed by atoms with Crippen LogP contribution < -0.4 is 4.74 Å². The zero-order valence-electron chi connectivity index (χ0n) is 9.96. The average molecular weight is 263 g/mol. The normalized spacial score (nSPS) is 10.3. The van der Waals surface area contributed by atoms with Gasteiger partial charge in [0.25, 0.3) is 0 Å². The summed E-state index contributed by atoms with van der Waals surface area (Å²) < 4.78 is 10.5. The summed E-state index contributed by atoms with van der Waals surface area (Å²) in [6.45, 7) is 0.909. The zero-order chi connectivity index (χ0) is 12.8. The van der Waals surface area contributed by atoms with E-state index in [0.29, 0.717) is 29.4 Å². The first-order valence-corrected chi connectivity index (χ1v) is 6.35. The highest BCUT2D eigenvalue weighted by atomic mass is 32.1. The van der Waals surface area contributed by atoms with Crippen LogP contribution in [0, 0.1) is 0 Å². The van der Waals surface area contributed by atoms with Crippen molar-refractivity contribution >= 4 is 17.1 Å². The summed E-state index contributed by atoms with van der Waals surface area (Å²) in [6.07, 6.45) is 1.57. The fraction of sp³-hybridized carbons (Fsp3) is 0.231. The lowest BCUT2D eigenvalue weighted by Crippen LogP contribution is -2.08. The average Bonchev–Trinajstić information content (AvgIpc) is 2.93. The fourth-order valence-corrected chi connectivity index (χ4v) is 2.05. The van der Waals surface area contributed by atoms with Crippen LogP contribution in [-0.4, -0.2) is 31.1 Å². The lowest BCUT2D eigenvalue weighted by molar-refractivity contribution is 0.103. The van der Waals surface area contributed by atoms with Gasteiger partial charge in [-0.05, 0) is 12.1 Å². The Morgan fingerprint density at radius 1 is 1.33 bits per heavy atom. The van der Waals surface area contributed by atoms with E-state index in [1.54, 1.807) is 30.9 Å². The van der Waals surface area contributed by atoms with Gasteiger partial charge in [0.2, 0.25) is 5.78 Å². The molecule has 0 saturated heterocycles. The Morgan fingerprint density at radius 2 is 2.17 bits per heavy atom. The van der Waals surface area contributed by atoms with Crippen molar-refractivity contribution in [2.45, 2.75) is 0 Å². The summed E-state index contributed by atoms with van der Waals surface area (Å²) in [4.78, 5) is 16.7. The summed E-state index contributed by atoms with van der Waals surface area (Å²) in [5.41, 5.74) is 2.19. The molecule has 2 aromatic rings. The lowest BCUT2D eigenvalue weighted by atomic mass is 10.1. The number of ketones is 1. The molecule has 0 fully saturated rings. The van der Waals surface area contributed by atoms with Crippen LogP contribution in [0.1, 0.15) is 15.2 Å². The van der Waals surface area contributed by atoms with Gasteiger partial charge in [0.05, 0.1) is 22.6 Å². The van der Waals surface area contributed by atoms with Gasteiger partial charge in [0.15, 0.2) is 0 Å². The molecule has 2 rings (SSSR count). The van der Waals surface area contributed by atoms with Crippen molar-refractivity contribution < 1.29 is 14.3 Å². The van der Waals surface area contributed by atoms with Crippen LogP contribution in [-0.2, 0) is 4.74 Å². The molecule has 94 valence electrons. The molecule has 0 N–H and O–H groups in total. The maximum absolute atomic E-state index is 12.2.